The number of aromatic nitrogens is 1. The third-order valence-corrected chi connectivity index (χ3v) is 4.61. The van der Waals surface area contributed by atoms with E-state index in [-0.39, 0.29) is 5.82 Å². The fourth-order valence-electron chi connectivity index (χ4n) is 3.00. The van der Waals surface area contributed by atoms with Crippen LogP contribution < -0.4 is 0 Å². The lowest BCUT2D eigenvalue weighted by molar-refractivity contribution is 0.630. The molecule has 114 valence electrons. The van der Waals surface area contributed by atoms with Gasteiger partial charge in [-0.25, -0.2) is 4.39 Å². The van der Waals surface area contributed by atoms with E-state index in [0.717, 1.165) is 31.8 Å². The van der Waals surface area contributed by atoms with Crippen LogP contribution >= 0.6 is 15.9 Å². The second-order valence-corrected chi connectivity index (χ2v) is 6.43. The summed E-state index contributed by atoms with van der Waals surface area (Å²) in [5.41, 5.74) is 2.30. The summed E-state index contributed by atoms with van der Waals surface area (Å²) >= 11 is 3.50. The molecule has 0 bridgehead atoms. The smallest absolute Gasteiger partial charge is 0.123 e. The minimum Gasteiger partial charge on any atom is -0.263 e. The van der Waals surface area contributed by atoms with Crippen LogP contribution in [-0.2, 0) is 0 Å². The van der Waals surface area contributed by atoms with E-state index in [2.05, 4.69) is 27.0 Å². The molecule has 24 heavy (non-hydrogen) atoms. The summed E-state index contributed by atoms with van der Waals surface area (Å²) < 4.78 is 14.8. The molecule has 0 fully saturated rings. The molecule has 3 aromatic carbocycles. The lowest BCUT2D eigenvalue weighted by Crippen LogP contribution is -1.89. The van der Waals surface area contributed by atoms with E-state index in [1.54, 1.807) is 24.5 Å². The lowest BCUT2D eigenvalue weighted by Gasteiger charge is -2.11. The van der Waals surface area contributed by atoms with Crippen molar-refractivity contribution < 1.29 is 4.39 Å². The van der Waals surface area contributed by atoms with Crippen molar-refractivity contribution in [3.8, 4) is 17.2 Å². The molecule has 0 spiro atoms. The molecule has 0 aliphatic carbocycles. The number of nitrogens with zero attached hydrogens (tertiary/aromatic N) is 2. The zero-order valence-corrected chi connectivity index (χ0v) is 14.0. The molecule has 4 heteroatoms. The molecule has 0 aliphatic heterocycles. The van der Waals surface area contributed by atoms with E-state index in [9.17, 15) is 9.65 Å². The van der Waals surface area contributed by atoms with Crippen molar-refractivity contribution in [1.82, 2.24) is 4.98 Å². The van der Waals surface area contributed by atoms with Gasteiger partial charge in [0.05, 0.1) is 11.6 Å². The van der Waals surface area contributed by atoms with Crippen molar-refractivity contribution >= 4 is 37.5 Å². The van der Waals surface area contributed by atoms with Gasteiger partial charge in [-0.1, -0.05) is 34.1 Å². The molecule has 4 aromatic rings. The van der Waals surface area contributed by atoms with Crippen LogP contribution in [0.3, 0.4) is 0 Å². The average Bonchev–Trinajstić information content (AvgIpc) is 2.60. The largest absolute Gasteiger partial charge is 0.263 e. The minimum absolute atomic E-state index is 0.326. The normalized spacial score (nSPS) is 10.9. The summed E-state index contributed by atoms with van der Waals surface area (Å²) in [7, 11) is 0. The van der Waals surface area contributed by atoms with Gasteiger partial charge >= 0.3 is 0 Å². The maximum Gasteiger partial charge on any atom is 0.123 e. The zero-order valence-electron chi connectivity index (χ0n) is 12.4. The number of halogens is 2. The second kappa shape index (κ2) is 5.70. The fraction of sp³-hybridized carbons (Fsp3) is 0. The molecule has 0 N–H and O–H groups in total. The molecule has 0 aliphatic rings. The van der Waals surface area contributed by atoms with Crippen molar-refractivity contribution in [3.63, 3.8) is 0 Å². The quantitative estimate of drug-likeness (QED) is 0.419. The van der Waals surface area contributed by atoms with Gasteiger partial charge in [-0.3, -0.25) is 4.98 Å². The van der Waals surface area contributed by atoms with Crippen LogP contribution in [0, 0.1) is 17.1 Å². The van der Waals surface area contributed by atoms with Crippen LogP contribution in [0.5, 0.6) is 0 Å². The first kappa shape index (κ1) is 14.8. The zero-order chi connectivity index (χ0) is 16.7. The van der Waals surface area contributed by atoms with E-state index in [1.807, 2.05) is 24.3 Å². The number of pyridine rings is 1. The molecule has 0 saturated carbocycles. The third-order valence-electron chi connectivity index (χ3n) is 4.11. The third kappa shape index (κ3) is 2.34. The Labute approximate surface area is 146 Å². The number of fused-ring (bicyclic) bond motifs is 2. The van der Waals surface area contributed by atoms with Crippen molar-refractivity contribution in [3.05, 3.63) is 76.8 Å². The molecule has 2 nitrogen and oxygen atoms in total. The SMILES string of the molecule is N#Cc1ccc(-c2cncc3ccc(Br)cc23)c2cc(F)ccc12. The standard InChI is InChI=1S/C20H10BrFN2/c21-14-3-1-13-10-24-11-20(18(13)7-14)17-5-2-12(9-23)16-6-4-15(22)8-19(16)17/h1-8,10-11H. The molecule has 0 saturated heterocycles. The van der Waals surface area contributed by atoms with Gasteiger partial charge in [0.1, 0.15) is 5.82 Å². The summed E-state index contributed by atoms with van der Waals surface area (Å²) in [4.78, 5) is 4.32. The van der Waals surface area contributed by atoms with Gasteiger partial charge in [0, 0.05) is 33.2 Å². The Balaban J connectivity index is 2.13. The van der Waals surface area contributed by atoms with Crippen LogP contribution in [0.15, 0.2) is 65.4 Å². The van der Waals surface area contributed by atoms with E-state index < -0.39 is 0 Å². The monoisotopic (exact) mass is 376 g/mol. The highest BCUT2D eigenvalue weighted by atomic mass is 79.9. The van der Waals surface area contributed by atoms with Crippen molar-refractivity contribution in [1.29, 1.82) is 5.26 Å². The Morgan fingerprint density at radius 2 is 1.75 bits per heavy atom. The Morgan fingerprint density at radius 1 is 0.875 bits per heavy atom. The maximum absolute atomic E-state index is 13.8. The van der Waals surface area contributed by atoms with Crippen LogP contribution in [0.2, 0.25) is 0 Å². The molecule has 0 unspecified atom stereocenters. The first-order valence-corrected chi connectivity index (χ1v) is 8.13. The van der Waals surface area contributed by atoms with Crippen LogP contribution in [-0.4, -0.2) is 4.98 Å². The van der Waals surface area contributed by atoms with E-state index in [0.29, 0.717) is 10.9 Å². The molecular formula is C20H10BrFN2. The number of hydrogen-bond acceptors (Lipinski definition) is 2. The van der Waals surface area contributed by atoms with Gasteiger partial charge in [0.2, 0.25) is 0 Å². The highest BCUT2D eigenvalue weighted by Crippen LogP contribution is 2.35. The lowest BCUT2D eigenvalue weighted by atomic mass is 9.93. The van der Waals surface area contributed by atoms with Gasteiger partial charge in [0.15, 0.2) is 0 Å². The summed E-state index contributed by atoms with van der Waals surface area (Å²) in [5.74, 6) is -0.326. The van der Waals surface area contributed by atoms with Crippen molar-refractivity contribution in [2.45, 2.75) is 0 Å². The van der Waals surface area contributed by atoms with E-state index in [4.69, 9.17) is 0 Å². The molecule has 0 atom stereocenters. The van der Waals surface area contributed by atoms with E-state index >= 15 is 0 Å². The fourth-order valence-corrected chi connectivity index (χ4v) is 3.36. The highest BCUT2D eigenvalue weighted by Gasteiger charge is 2.12. The Kier molecular flexibility index (Phi) is 3.51. The number of benzene rings is 3. The summed E-state index contributed by atoms with van der Waals surface area (Å²) in [6, 6.07) is 16.3. The Hall–Kier alpha value is -2.77. The molecule has 0 amide bonds. The molecular weight excluding hydrogens is 367 g/mol. The Bertz CT molecular complexity index is 1150. The van der Waals surface area contributed by atoms with Crippen molar-refractivity contribution in [2.75, 3.05) is 0 Å². The van der Waals surface area contributed by atoms with Gasteiger partial charge in [0.25, 0.3) is 0 Å². The topological polar surface area (TPSA) is 36.7 Å². The molecule has 1 heterocycles. The van der Waals surface area contributed by atoms with Crippen LogP contribution in [0.1, 0.15) is 5.56 Å². The van der Waals surface area contributed by atoms with Gasteiger partial charge in [-0.2, -0.15) is 5.26 Å². The number of hydrogen-bond donors (Lipinski definition) is 0. The molecule has 0 radical (unpaired) electrons. The van der Waals surface area contributed by atoms with Gasteiger partial charge in [-0.15, -0.1) is 0 Å². The predicted molar refractivity (Wildman–Crippen MR) is 97.1 cm³/mol. The van der Waals surface area contributed by atoms with Crippen LogP contribution in [0.25, 0.3) is 32.7 Å². The minimum atomic E-state index is -0.326. The average molecular weight is 377 g/mol. The summed E-state index contributed by atoms with van der Waals surface area (Å²) in [5, 5.41) is 12.8. The van der Waals surface area contributed by atoms with E-state index in [1.165, 1.54) is 12.1 Å². The van der Waals surface area contributed by atoms with Crippen LogP contribution in [0.4, 0.5) is 4.39 Å². The summed E-state index contributed by atoms with van der Waals surface area (Å²) in [6.07, 6.45) is 3.58. The Morgan fingerprint density at radius 3 is 2.58 bits per heavy atom. The second-order valence-electron chi connectivity index (χ2n) is 5.51. The first-order valence-electron chi connectivity index (χ1n) is 7.33. The van der Waals surface area contributed by atoms with Crippen molar-refractivity contribution in [2.24, 2.45) is 0 Å². The summed E-state index contributed by atoms with van der Waals surface area (Å²) in [6.45, 7) is 0. The molecule has 1 aromatic heterocycles. The van der Waals surface area contributed by atoms with Gasteiger partial charge in [-0.05, 0) is 46.7 Å². The van der Waals surface area contributed by atoms with Gasteiger partial charge < -0.3 is 0 Å². The number of nitriles is 1. The maximum atomic E-state index is 13.8. The first-order chi connectivity index (χ1) is 11.7. The predicted octanol–water partition coefficient (Wildman–Crippen LogP) is 5.83. The highest BCUT2D eigenvalue weighted by molar-refractivity contribution is 9.10. The number of rotatable bonds is 1. The molecule has 4 rings (SSSR count).